The monoisotopic (exact) mass is 610 g/mol. The predicted molar refractivity (Wildman–Crippen MR) is 169 cm³/mol. The fourth-order valence-electron chi connectivity index (χ4n) is 4.58. The van der Waals surface area contributed by atoms with Crippen LogP contribution in [0.3, 0.4) is 0 Å². The largest absolute Gasteiger partial charge is 0.490 e. The van der Waals surface area contributed by atoms with E-state index in [0.717, 1.165) is 16.0 Å². The minimum atomic E-state index is -0.841. The maximum absolute atomic E-state index is 13.4. The minimum Gasteiger partial charge on any atom is -0.490 e. The summed E-state index contributed by atoms with van der Waals surface area (Å²) in [4.78, 5) is 39.8. The third-order valence-corrected chi connectivity index (χ3v) is 7.46. The second-order valence-corrected chi connectivity index (χ2v) is 10.6. The Balaban J connectivity index is 1.33. The zero-order chi connectivity index (χ0) is 31.2. The van der Waals surface area contributed by atoms with Gasteiger partial charge in [-0.2, -0.15) is 0 Å². The van der Waals surface area contributed by atoms with Gasteiger partial charge in [0.25, 0.3) is 11.8 Å². The molecule has 0 aromatic heterocycles. The highest BCUT2D eigenvalue weighted by Gasteiger charge is 2.36. The zero-order valence-electron chi connectivity index (χ0n) is 24.6. The summed E-state index contributed by atoms with van der Waals surface area (Å²) >= 11 is 6.20. The Morgan fingerprint density at radius 2 is 1.57 bits per heavy atom. The quantitative estimate of drug-likeness (QED) is 0.151. The molecule has 0 saturated carbocycles. The molecule has 0 bridgehead atoms. The topological polar surface area (TPSA) is 94.2 Å². The van der Waals surface area contributed by atoms with Crippen molar-refractivity contribution in [1.29, 1.82) is 0 Å². The standard InChI is InChI=1S/C35H31ClN2O6/c1-4-42-32-19-24(11-16-31(32)44-20-25-10-9-22(2)23(3)17-25)18-29-33(39)37-35(41)38(34(29)40)27-12-14-28(15-13-27)43-21-26-7-5-6-8-30(26)36/h5-19H,4,20-21H2,1-3H3,(H,37,39,41)/b29-18+. The summed E-state index contributed by atoms with van der Waals surface area (Å²) in [5.74, 6) is -0.0240. The molecular weight excluding hydrogens is 580 g/mol. The number of hydrogen-bond acceptors (Lipinski definition) is 6. The number of benzene rings is 4. The highest BCUT2D eigenvalue weighted by atomic mass is 35.5. The maximum atomic E-state index is 13.4. The number of aryl methyl sites for hydroxylation is 2. The third kappa shape index (κ3) is 6.93. The van der Waals surface area contributed by atoms with Crippen molar-refractivity contribution < 1.29 is 28.6 Å². The SMILES string of the molecule is CCOc1cc(/C=C2\C(=O)NC(=O)N(c3ccc(OCc4ccccc4Cl)cc3)C2=O)ccc1OCc1ccc(C)c(C)c1. The molecule has 1 heterocycles. The molecule has 1 fully saturated rings. The Morgan fingerprint density at radius 1 is 0.795 bits per heavy atom. The van der Waals surface area contributed by atoms with E-state index in [2.05, 4.69) is 31.3 Å². The average molecular weight is 611 g/mol. The van der Waals surface area contributed by atoms with Crippen LogP contribution in [-0.2, 0) is 22.8 Å². The van der Waals surface area contributed by atoms with Gasteiger partial charge in [0.05, 0.1) is 12.3 Å². The van der Waals surface area contributed by atoms with E-state index in [1.807, 2.05) is 31.2 Å². The van der Waals surface area contributed by atoms with Gasteiger partial charge in [-0.1, -0.05) is 54.1 Å². The number of halogens is 1. The molecule has 4 amide bonds. The number of amides is 4. The van der Waals surface area contributed by atoms with E-state index in [0.29, 0.717) is 41.0 Å². The first kappa shape index (κ1) is 30.4. The molecule has 1 aliphatic heterocycles. The molecule has 4 aromatic carbocycles. The first-order valence-corrected chi connectivity index (χ1v) is 14.4. The van der Waals surface area contributed by atoms with Crippen molar-refractivity contribution in [3.8, 4) is 17.2 Å². The molecule has 9 heteroatoms. The number of imide groups is 2. The smallest absolute Gasteiger partial charge is 0.335 e. The van der Waals surface area contributed by atoms with Gasteiger partial charge in [0.2, 0.25) is 0 Å². The highest BCUT2D eigenvalue weighted by molar-refractivity contribution is 6.39. The number of ether oxygens (including phenoxy) is 3. The number of barbiturate groups is 1. The van der Waals surface area contributed by atoms with Gasteiger partial charge in [0, 0.05) is 10.6 Å². The lowest BCUT2D eigenvalue weighted by atomic mass is 10.1. The Kier molecular flexibility index (Phi) is 9.31. The van der Waals surface area contributed by atoms with Gasteiger partial charge in [-0.25, -0.2) is 9.69 Å². The lowest BCUT2D eigenvalue weighted by Gasteiger charge is -2.26. The van der Waals surface area contributed by atoms with Crippen LogP contribution in [0.1, 0.15) is 34.7 Å². The molecule has 0 unspecified atom stereocenters. The molecule has 0 spiro atoms. The fraction of sp³-hybridized carbons (Fsp3) is 0.171. The number of nitrogens with one attached hydrogen (secondary N) is 1. The van der Waals surface area contributed by atoms with Crippen molar-refractivity contribution in [2.24, 2.45) is 0 Å². The van der Waals surface area contributed by atoms with Crippen molar-refractivity contribution in [2.45, 2.75) is 34.0 Å². The third-order valence-electron chi connectivity index (χ3n) is 7.09. The lowest BCUT2D eigenvalue weighted by molar-refractivity contribution is -0.122. The highest BCUT2D eigenvalue weighted by Crippen LogP contribution is 2.31. The minimum absolute atomic E-state index is 0.199. The van der Waals surface area contributed by atoms with E-state index in [1.165, 1.54) is 17.2 Å². The second-order valence-electron chi connectivity index (χ2n) is 10.2. The number of rotatable bonds is 10. The van der Waals surface area contributed by atoms with Gasteiger partial charge >= 0.3 is 6.03 Å². The molecule has 8 nitrogen and oxygen atoms in total. The van der Waals surface area contributed by atoms with Crippen LogP contribution in [0.15, 0.2) is 90.5 Å². The Morgan fingerprint density at radius 3 is 2.30 bits per heavy atom. The summed E-state index contributed by atoms with van der Waals surface area (Å²) in [5.41, 5.74) is 4.85. The zero-order valence-corrected chi connectivity index (χ0v) is 25.3. The number of carbonyl (C=O) groups is 3. The van der Waals surface area contributed by atoms with Crippen LogP contribution in [0.5, 0.6) is 17.2 Å². The number of carbonyl (C=O) groups excluding carboxylic acids is 3. The number of hydrogen-bond donors (Lipinski definition) is 1. The Hall–Kier alpha value is -5.08. The van der Waals surface area contributed by atoms with Gasteiger partial charge in [-0.15, -0.1) is 0 Å². The molecule has 5 rings (SSSR count). The molecule has 0 atom stereocenters. The summed E-state index contributed by atoms with van der Waals surface area (Å²) in [5, 5.41) is 2.85. The Labute approximate surface area is 260 Å². The van der Waals surface area contributed by atoms with Crippen LogP contribution in [0.25, 0.3) is 6.08 Å². The summed E-state index contributed by atoms with van der Waals surface area (Å²) in [6.07, 6.45) is 1.42. The Bertz CT molecular complexity index is 1750. The summed E-state index contributed by atoms with van der Waals surface area (Å²) in [7, 11) is 0. The van der Waals surface area contributed by atoms with E-state index >= 15 is 0 Å². The molecule has 0 aliphatic carbocycles. The van der Waals surface area contributed by atoms with Crippen LogP contribution in [-0.4, -0.2) is 24.5 Å². The van der Waals surface area contributed by atoms with Crippen LogP contribution >= 0.6 is 11.6 Å². The summed E-state index contributed by atoms with van der Waals surface area (Å²) in [6.45, 7) is 6.96. The fourth-order valence-corrected chi connectivity index (χ4v) is 4.77. The summed E-state index contributed by atoms with van der Waals surface area (Å²) < 4.78 is 17.6. The first-order valence-electron chi connectivity index (χ1n) is 14.1. The molecule has 1 N–H and O–H groups in total. The summed E-state index contributed by atoms with van der Waals surface area (Å²) in [6, 6.07) is 24.2. The van der Waals surface area contributed by atoms with E-state index < -0.39 is 17.8 Å². The van der Waals surface area contributed by atoms with Gasteiger partial charge < -0.3 is 14.2 Å². The van der Waals surface area contributed by atoms with Gasteiger partial charge in [0.15, 0.2) is 11.5 Å². The molecular formula is C35H31ClN2O6. The van der Waals surface area contributed by atoms with Crippen LogP contribution in [0, 0.1) is 13.8 Å². The van der Waals surface area contributed by atoms with Gasteiger partial charge in [0.1, 0.15) is 24.5 Å². The van der Waals surface area contributed by atoms with Crippen molar-refractivity contribution in [1.82, 2.24) is 5.32 Å². The normalized spacial score (nSPS) is 14.0. The number of anilines is 1. The van der Waals surface area contributed by atoms with E-state index in [4.69, 9.17) is 25.8 Å². The van der Waals surface area contributed by atoms with E-state index in [1.54, 1.807) is 48.5 Å². The van der Waals surface area contributed by atoms with Crippen molar-refractivity contribution in [2.75, 3.05) is 11.5 Å². The van der Waals surface area contributed by atoms with Crippen molar-refractivity contribution >= 4 is 41.2 Å². The van der Waals surface area contributed by atoms with Crippen LogP contribution in [0.4, 0.5) is 10.5 Å². The van der Waals surface area contributed by atoms with Gasteiger partial charge in [-0.3, -0.25) is 14.9 Å². The molecule has 1 aliphatic rings. The maximum Gasteiger partial charge on any atom is 0.335 e. The number of urea groups is 1. The molecule has 4 aromatic rings. The predicted octanol–water partition coefficient (Wildman–Crippen LogP) is 7.18. The molecule has 224 valence electrons. The first-order chi connectivity index (χ1) is 21.2. The molecule has 44 heavy (non-hydrogen) atoms. The van der Waals surface area contributed by atoms with E-state index in [9.17, 15) is 14.4 Å². The lowest BCUT2D eigenvalue weighted by Crippen LogP contribution is -2.54. The molecule has 0 radical (unpaired) electrons. The van der Waals surface area contributed by atoms with Crippen LogP contribution < -0.4 is 24.4 Å². The van der Waals surface area contributed by atoms with Gasteiger partial charge in [-0.05, 0) is 91.6 Å². The van der Waals surface area contributed by atoms with E-state index in [-0.39, 0.29) is 17.9 Å². The van der Waals surface area contributed by atoms with Crippen molar-refractivity contribution in [3.05, 3.63) is 123 Å². The molecule has 1 saturated heterocycles. The number of nitrogens with zero attached hydrogens (tertiary/aromatic N) is 1. The van der Waals surface area contributed by atoms with Crippen molar-refractivity contribution in [3.63, 3.8) is 0 Å². The average Bonchev–Trinajstić information content (AvgIpc) is 3.01. The second kappa shape index (κ2) is 13.5. The van der Waals surface area contributed by atoms with Crippen LogP contribution in [0.2, 0.25) is 5.02 Å².